The van der Waals surface area contributed by atoms with Gasteiger partial charge >= 0.3 is 5.97 Å². The maximum atomic E-state index is 12.0. The fourth-order valence-electron chi connectivity index (χ4n) is 2.54. The van der Waals surface area contributed by atoms with Crippen LogP contribution in [0.1, 0.15) is 32.2 Å². The van der Waals surface area contributed by atoms with Gasteiger partial charge in [0.25, 0.3) is 5.89 Å². The lowest BCUT2D eigenvalue weighted by atomic mass is 9.86. The van der Waals surface area contributed by atoms with Crippen LogP contribution in [0, 0.1) is 0 Å². The number of ether oxygens (including phenoxy) is 2. The Labute approximate surface area is 158 Å². The lowest BCUT2D eigenvalue weighted by Crippen LogP contribution is -2.18. The number of rotatable bonds is 6. The van der Waals surface area contributed by atoms with Crippen LogP contribution in [-0.4, -0.2) is 22.8 Å². The number of benzene rings is 2. The number of carbonyl (C=O) groups is 1. The number of para-hydroxylation sites is 1. The van der Waals surface area contributed by atoms with E-state index < -0.39 is 5.97 Å². The van der Waals surface area contributed by atoms with E-state index in [1.54, 1.807) is 0 Å². The lowest BCUT2D eigenvalue weighted by Gasteiger charge is -2.22. The molecule has 1 heterocycles. The van der Waals surface area contributed by atoms with Gasteiger partial charge in [0, 0.05) is 5.56 Å². The summed E-state index contributed by atoms with van der Waals surface area (Å²) >= 11 is 0. The van der Waals surface area contributed by atoms with Crippen molar-refractivity contribution in [3.63, 3.8) is 0 Å². The molecule has 0 aliphatic carbocycles. The normalized spacial score (nSPS) is 11.2. The van der Waals surface area contributed by atoms with Crippen LogP contribution in [0.4, 0.5) is 0 Å². The summed E-state index contributed by atoms with van der Waals surface area (Å²) in [7, 11) is 0. The zero-order valence-corrected chi connectivity index (χ0v) is 15.6. The third-order valence-corrected chi connectivity index (χ3v) is 3.88. The van der Waals surface area contributed by atoms with Crippen molar-refractivity contribution in [1.29, 1.82) is 0 Å². The van der Waals surface area contributed by atoms with E-state index >= 15 is 0 Å². The quantitative estimate of drug-likeness (QED) is 0.610. The fourth-order valence-corrected chi connectivity index (χ4v) is 2.54. The molecule has 0 atom stereocenters. The van der Waals surface area contributed by atoms with Crippen molar-refractivity contribution in [3.05, 3.63) is 66.1 Å². The number of esters is 1. The van der Waals surface area contributed by atoms with Gasteiger partial charge in [-0.25, -0.2) is 4.79 Å². The van der Waals surface area contributed by atoms with E-state index in [4.69, 9.17) is 13.9 Å². The highest BCUT2D eigenvalue weighted by Gasteiger charge is 2.19. The zero-order chi connectivity index (χ0) is 19.3. The van der Waals surface area contributed by atoms with Crippen LogP contribution in [0.15, 0.2) is 59.0 Å². The Morgan fingerprint density at radius 3 is 2.44 bits per heavy atom. The molecule has 27 heavy (non-hydrogen) atoms. The minimum Gasteiger partial charge on any atom is -0.482 e. The Morgan fingerprint density at radius 1 is 1.00 bits per heavy atom. The molecule has 3 aromatic rings. The maximum Gasteiger partial charge on any atom is 0.344 e. The van der Waals surface area contributed by atoms with Crippen LogP contribution in [0.5, 0.6) is 5.75 Å². The Kier molecular flexibility index (Phi) is 5.54. The molecule has 0 fully saturated rings. The summed E-state index contributed by atoms with van der Waals surface area (Å²) in [5.41, 5.74) is 1.75. The van der Waals surface area contributed by atoms with Gasteiger partial charge in [-0.05, 0) is 29.2 Å². The largest absolute Gasteiger partial charge is 0.482 e. The van der Waals surface area contributed by atoms with Crippen molar-refractivity contribution < 1.29 is 18.7 Å². The molecule has 0 spiro atoms. The number of hydrogen-bond donors (Lipinski definition) is 0. The Morgan fingerprint density at radius 2 is 1.70 bits per heavy atom. The smallest absolute Gasteiger partial charge is 0.344 e. The molecule has 0 aliphatic rings. The predicted molar refractivity (Wildman–Crippen MR) is 100 cm³/mol. The van der Waals surface area contributed by atoms with Crippen molar-refractivity contribution in [2.75, 3.05) is 6.61 Å². The Hall–Kier alpha value is -3.15. The summed E-state index contributed by atoms with van der Waals surface area (Å²) in [5, 5.41) is 7.85. The summed E-state index contributed by atoms with van der Waals surface area (Å²) < 4.78 is 16.3. The number of carbonyl (C=O) groups excluding carboxylic acids is 1. The third kappa shape index (κ3) is 4.94. The van der Waals surface area contributed by atoms with Crippen molar-refractivity contribution >= 4 is 5.97 Å². The van der Waals surface area contributed by atoms with Crippen molar-refractivity contribution in [2.45, 2.75) is 32.8 Å². The van der Waals surface area contributed by atoms with Crippen LogP contribution in [0.3, 0.4) is 0 Å². The van der Waals surface area contributed by atoms with Crippen LogP contribution in [0.2, 0.25) is 0 Å². The molecule has 0 unspecified atom stereocenters. The summed E-state index contributed by atoms with van der Waals surface area (Å²) in [6.07, 6.45) is 0. The fraction of sp³-hybridized carbons (Fsp3) is 0.286. The third-order valence-electron chi connectivity index (χ3n) is 3.88. The van der Waals surface area contributed by atoms with Gasteiger partial charge in [0.05, 0.1) is 0 Å². The molecular formula is C21H22N2O4. The topological polar surface area (TPSA) is 74.5 Å². The second-order valence-electron chi connectivity index (χ2n) is 7.06. The maximum absolute atomic E-state index is 12.0. The Bertz CT molecular complexity index is 898. The standard InChI is InChI=1S/C21H22N2O4/c1-21(2,3)16-11-7-8-12-17(16)25-14-19(24)26-13-18-22-23-20(27-18)15-9-5-4-6-10-15/h4-12H,13-14H2,1-3H3. The first kappa shape index (κ1) is 18.6. The second-order valence-corrected chi connectivity index (χ2v) is 7.06. The highest BCUT2D eigenvalue weighted by atomic mass is 16.6. The highest BCUT2D eigenvalue weighted by Crippen LogP contribution is 2.30. The van der Waals surface area contributed by atoms with E-state index in [2.05, 4.69) is 31.0 Å². The molecule has 6 heteroatoms. The van der Waals surface area contributed by atoms with E-state index in [9.17, 15) is 4.79 Å². The van der Waals surface area contributed by atoms with Gasteiger partial charge in [0.1, 0.15) is 5.75 Å². The minimum atomic E-state index is -0.502. The van der Waals surface area contributed by atoms with Gasteiger partial charge < -0.3 is 13.9 Å². The molecule has 0 saturated heterocycles. The predicted octanol–water partition coefficient (Wildman–Crippen LogP) is 4.16. The monoisotopic (exact) mass is 366 g/mol. The summed E-state index contributed by atoms with van der Waals surface area (Å²) in [4.78, 5) is 12.0. The van der Waals surface area contributed by atoms with E-state index in [0.29, 0.717) is 11.6 Å². The van der Waals surface area contributed by atoms with Gasteiger partial charge in [-0.2, -0.15) is 0 Å². The van der Waals surface area contributed by atoms with E-state index in [-0.39, 0.29) is 24.5 Å². The molecule has 2 aromatic carbocycles. The zero-order valence-electron chi connectivity index (χ0n) is 15.6. The minimum absolute atomic E-state index is 0.0852. The first-order valence-corrected chi connectivity index (χ1v) is 8.69. The van der Waals surface area contributed by atoms with Gasteiger partial charge in [-0.15, -0.1) is 10.2 Å². The molecule has 0 aliphatic heterocycles. The molecule has 0 saturated carbocycles. The first-order valence-electron chi connectivity index (χ1n) is 8.69. The van der Waals surface area contributed by atoms with Gasteiger partial charge in [-0.3, -0.25) is 0 Å². The number of aromatic nitrogens is 2. The van der Waals surface area contributed by atoms with Gasteiger partial charge in [-0.1, -0.05) is 57.2 Å². The number of nitrogens with zero attached hydrogens (tertiary/aromatic N) is 2. The summed E-state index contributed by atoms with van der Waals surface area (Å²) in [6, 6.07) is 17.1. The van der Waals surface area contributed by atoms with E-state index in [1.807, 2.05) is 54.6 Å². The van der Waals surface area contributed by atoms with Gasteiger partial charge in [0.15, 0.2) is 13.2 Å². The van der Waals surface area contributed by atoms with Crippen molar-refractivity contribution in [3.8, 4) is 17.2 Å². The van der Waals surface area contributed by atoms with Crippen LogP contribution in [0.25, 0.3) is 11.5 Å². The molecular weight excluding hydrogens is 344 g/mol. The van der Waals surface area contributed by atoms with Crippen LogP contribution < -0.4 is 4.74 Å². The molecule has 1 aromatic heterocycles. The summed E-state index contributed by atoms with van der Waals surface area (Å²) in [6.45, 7) is 5.99. The highest BCUT2D eigenvalue weighted by molar-refractivity contribution is 5.71. The first-order chi connectivity index (χ1) is 12.9. The number of hydrogen-bond acceptors (Lipinski definition) is 6. The van der Waals surface area contributed by atoms with Gasteiger partial charge in [0.2, 0.25) is 5.89 Å². The molecule has 0 radical (unpaired) electrons. The van der Waals surface area contributed by atoms with Crippen LogP contribution >= 0.6 is 0 Å². The van der Waals surface area contributed by atoms with Crippen LogP contribution in [-0.2, 0) is 21.6 Å². The molecule has 0 N–H and O–H groups in total. The molecule has 0 bridgehead atoms. The SMILES string of the molecule is CC(C)(C)c1ccccc1OCC(=O)OCc1nnc(-c2ccccc2)o1. The average molecular weight is 366 g/mol. The Balaban J connectivity index is 1.53. The van der Waals surface area contributed by atoms with Crippen molar-refractivity contribution in [2.24, 2.45) is 0 Å². The van der Waals surface area contributed by atoms with E-state index in [1.165, 1.54) is 0 Å². The van der Waals surface area contributed by atoms with E-state index in [0.717, 1.165) is 11.1 Å². The molecule has 6 nitrogen and oxygen atoms in total. The molecule has 3 rings (SSSR count). The lowest BCUT2D eigenvalue weighted by molar-refractivity contribution is -0.148. The van der Waals surface area contributed by atoms with Crippen molar-refractivity contribution in [1.82, 2.24) is 10.2 Å². The summed E-state index contributed by atoms with van der Waals surface area (Å²) in [5.74, 6) is 0.790. The molecule has 0 amide bonds. The average Bonchev–Trinajstić information content (AvgIpc) is 3.14. The second kappa shape index (κ2) is 8.03. The molecule has 140 valence electrons.